The molecule has 0 saturated heterocycles. The average molecular weight is 591 g/mol. The Kier molecular flexibility index (Phi) is 9.90. The van der Waals surface area contributed by atoms with Crippen molar-refractivity contribution in [2.24, 2.45) is 0 Å². The third-order valence-electron chi connectivity index (χ3n) is 6.90. The first-order valence-electron chi connectivity index (χ1n) is 14.6. The monoisotopic (exact) mass is 590 g/mol. The first kappa shape index (κ1) is 30.3. The van der Waals surface area contributed by atoms with E-state index >= 15 is 4.39 Å². The topological polar surface area (TPSA) is 81.3 Å². The van der Waals surface area contributed by atoms with Crippen LogP contribution in [-0.2, 0) is 18.1 Å². The van der Waals surface area contributed by atoms with Gasteiger partial charge in [-0.1, -0.05) is 60.7 Å². The van der Waals surface area contributed by atoms with Crippen LogP contribution in [0.5, 0.6) is 11.5 Å². The molecule has 0 bridgehead atoms. The molecule has 5 aromatic rings. The summed E-state index contributed by atoms with van der Waals surface area (Å²) in [7, 11) is 0. The predicted octanol–water partition coefficient (Wildman–Crippen LogP) is 8.12. The molecule has 1 atom stereocenters. The number of rotatable bonds is 13. The first-order chi connectivity index (χ1) is 21.5. The van der Waals surface area contributed by atoms with Gasteiger partial charge in [0.05, 0.1) is 48.9 Å². The van der Waals surface area contributed by atoms with Gasteiger partial charge in [-0.3, -0.25) is 0 Å². The molecular formula is C36H35FN4O3. The van der Waals surface area contributed by atoms with Crippen LogP contribution in [-0.4, -0.2) is 22.3 Å². The number of nitriles is 1. The van der Waals surface area contributed by atoms with E-state index in [0.29, 0.717) is 47.3 Å². The quantitative estimate of drug-likeness (QED) is 0.149. The minimum absolute atomic E-state index is 0.0993. The maximum Gasteiger partial charge on any atom is 0.171 e. The zero-order valence-corrected chi connectivity index (χ0v) is 25.0. The third-order valence-corrected chi connectivity index (χ3v) is 6.90. The molecule has 0 saturated carbocycles. The first-order valence-corrected chi connectivity index (χ1v) is 14.6. The maximum atomic E-state index is 16.4. The molecule has 8 heteroatoms. The van der Waals surface area contributed by atoms with Crippen LogP contribution in [0.1, 0.15) is 49.2 Å². The number of anilines is 1. The Morgan fingerprint density at radius 1 is 0.955 bits per heavy atom. The van der Waals surface area contributed by atoms with Gasteiger partial charge in [0.1, 0.15) is 18.3 Å². The molecule has 0 aliphatic heterocycles. The van der Waals surface area contributed by atoms with Crippen molar-refractivity contribution in [1.29, 1.82) is 5.26 Å². The fourth-order valence-electron chi connectivity index (χ4n) is 4.91. The number of aromatic nitrogens is 2. The molecule has 44 heavy (non-hydrogen) atoms. The standard InChI is InChI=1S/C36H35FN4O3/c1-4-43-30-19-31(34(37)33(20-30)44-25(2)3)35(40-29-17-15-26(21-38)16-18-29)32-22-39-36(28-13-9-6-10-14-28)41(32)24-42-23-27-11-7-5-8-12-27/h5-20,22,25,35,40H,4,23-24H2,1-3H3. The number of nitrogens with one attached hydrogen (secondary N) is 1. The van der Waals surface area contributed by atoms with Crippen molar-refractivity contribution in [2.75, 3.05) is 11.9 Å². The van der Waals surface area contributed by atoms with Crippen LogP contribution in [0, 0.1) is 17.1 Å². The summed E-state index contributed by atoms with van der Waals surface area (Å²) in [5, 5.41) is 12.8. The van der Waals surface area contributed by atoms with Crippen molar-refractivity contribution in [3.63, 3.8) is 0 Å². The number of hydrogen-bond donors (Lipinski definition) is 1. The Balaban J connectivity index is 1.64. The summed E-state index contributed by atoms with van der Waals surface area (Å²) >= 11 is 0. The van der Waals surface area contributed by atoms with Crippen molar-refractivity contribution in [2.45, 2.75) is 46.3 Å². The minimum Gasteiger partial charge on any atom is -0.494 e. The Morgan fingerprint density at radius 3 is 2.32 bits per heavy atom. The van der Waals surface area contributed by atoms with Gasteiger partial charge in [-0.25, -0.2) is 9.37 Å². The largest absolute Gasteiger partial charge is 0.494 e. The van der Waals surface area contributed by atoms with Gasteiger partial charge in [0.25, 0.3) is 0 Å². The summed E-state index contributed by atoms with van der Waals surface area (Å²) in [6.45, 7) is 6.55. The lowest BCUT2D eigenvalue weighted by atomic mass is 10.0. The molecule has 0 spiro atoms. The van der Waals surface area contributed by atoms with Gasteiger partial charge in [-0.15, -0.1) is 0 Å². The molecule has 5 rings (SSSR count). The average Bonchev–Trinajstić information content (AvgIpc) is 3.46. The highest BCUT2D eigenvalue weighted by Crippen LogP contribution is 2.38. The zero-order valence-electron chi connectivity index (χ0n) is 25.0. The molecule has 1 heterocycles. The molecule has 224 valence electrons. The van der Waals surface area contributed by atoms with Crippen molar-refractivity contribution in [1.82, 2.24) is 9.55 Å². The number of benzene rings is 4. The van der Waals surface area contributed by atoms with Crippen LogP contribution in [0.2, 0.25) is 0 Å². The van der Waals surface area contributed by atoms with Gasteiger partial charge >= 0.3 is 0 Å². The number of halogens is 1. The smallest absolute Gasteiger partial charge is 0.171 e. The fourth-order valence-corrected chi connectivity index (χ4v) is 4.91. The Hall–Kier alpha value is -5.13. The summed E-state index contributed by atoms with van der Waals surface area (Å²) in [5.41, 5.74) is 4.14. The maximum absolute atomic E-state index is 16.4. The lowest BCUT2D eigenvalue weighted by Gasteiger charge is -2.25. The van der Waals surface area contributed by atoms with E-state index < -0.39 is 11.9 Å². The molecular weight excluding hydrogens is 555 g/mol. The van der Waals surface area contributed by atoms with Crippen LogP contribution in [0.4, 0.5) is 10.1 Å². The van der Waals surface area contributed by atoms with Gasteiger partial charge in [0.2, 0.25) is 0 Å². The summed E-state index contributed by atoms with van der Waals surface area (Å²) in [6, 6.07) is 31.4. The summed E-state index contributed by atoms with van der Waals surface area (Å²) in [6.07, 6.45) is 1.49. The lowest BCUT2D eigenvalue weighted by molar-refractivity contribution is 0.0631. The van der Waals surface area contributed by atoms with Crippen LogP contribution in [0.3, 0.4) is 0 Å². The van der Waals surface area contributed by atoms with Gasteiger partial charge < -0.3 is 24.1 Å². The van der Waals surface area contributed by atoms with Crippen LogP contribution in [0.25, 0.3) is 11.4 Å². The minimum atomic E-state index is -0.733. The second-order valence-corrected chi connectivity index (χ2v) is 10.5. The van der Waals surface area contributed by atoms with E-state index in [1.165, 1.54) is 0 Å². The van der Waals surface area contributed by atoms with E-state index in [4.69, 9.17) is 19.2 Å². The van der Waals surface area contributed by atoms with Gasteiger partial charge in [0.15, 0.2) is 11.6 Å². The SMILES string of the molecule is CCOc1cc(OC(C)C)c(F)c(C(Nc2ccc(C#N)cc2)c2cnc(-c3ccccc3)n2COCc2ccccc2)c1. The molecule has 7 nitrogen and oxygen atoms in total. The van der Waals surface area contributed by atoms with Crippen molar-refractivity contribution in [3.05, 3.63) is 131 Å². The highest BCUT2D eigenvalue weighted by molar-refractivity contribution is 5.58. The van der Waals surface area contributed by atoms with Crippen molar-refractivity contribution >= 4 is 5.69 Å². The molecule has 0 fully saturated rings. The third kappa shape index (κ3) is 7.25. The highest BCUT2D eigenvalue weighted by atomic mass is 19.1. The fraction of sp³-hybridized carbons (Fsp3) is 0.222. The van der Waals surface area contributed by atoms with Crippen molar-refractivity contribution < 1.29 is 18.6 Å². The van der Waals surface area contributed by atoms with Gasteiger partial charge in [-0.2, -0.15) is 5.26 Å². The molecule has 4 aromatic carbocycles. The Bertz CT molecular complexity index is 1700. The van der Waals surface area contributed by atoms with E-state index in [1.54, 1.807) is 42.6 Å². The molecule has 0 aliphatic rings. The van der Waals surface area contributed by atoms with E-state index in [2.05, 4.69) is 11.4 Å². The van der Waals surface area contributed by atoms with E-state index in [9.17, 15) is 5.26 Å². The van der Waals surface area contributed by atoms with Crippen LogP contribution >= 0.6 is 0 Å². The predicted molar refractivity (Wildman–Crippen MR) is 169 cm³/mol. The van der Waals surface area contributed by atoms with Crippen LogP contribution in [0.15, 0.2) is 103 Å². The second-order valence-electron chi connectivity index (χ2n) is 10.5. The number of nitrogens with zero attached hydrogens (tertiary/aromatic N) is 3. The second kappa shape index (κ2) is 14.4. The number of hydrogen-bond acceptors (Lipinski definition) is 6. The highest BCUT2D eigenvalue weighted by Gasteiger charge is 2.28. The van der Waals surface area contributed by atoms with Gasteiger partial charge in [-0.05, 0) is 56.7 Å². The molecule has 0 radical (unpaired) electrons. The Labute approximate surface area is 257 Å². The lowest BCUT2D eigenvalue weighted by Crippen LogP contribution is -2.20. The molecule has 0 amide bonds. The van der Waals surface area contributed by atoms with Crippen LogP contribution < -0.4 is 14.8 Å². The zero-order chi connectivity index (χ0) is 30.9. The molecule has 1 aromatic heterocycles. The summed E-state index contributed by atoms with van der Waals surface area (Å²) in [4.78, 5) is 4.80. The van der Waals surface area contributed by atoms with E-state index in [1.807, 2.05) is 86.0 Å². The number of ether oxygens (including phenoxy) is 3. The van der Waals surface area contributed by atoms with E-state index in [-0.39, 0.29) is 18.6 Å². The molecule has 1 N–H and O–H groups in total. The summed E-state index contributed by atoms with van der Waals surface area (Å²) < 4.78 is 36.3. The Morgan fingerprint density at radius 2 is 1.66 bits per heavy atom. The van der Waals surface area contributed by atoms with Gasteiger partial charge in [0, 0.05) is 22.9 Å². The van der Waals surface area contributed by atoms with E-state index in [0.717, 1.165) is 11.1 Å². The molecule has 0 aliphatic carbocycles. The molecule has 1 unspecified atom stereocenters. The number of imidazole rings is 1. The normalized spacial score (nSPS) is 11.6. The summed E-state index contributed by atoms with van der Waals surface area (Å²) in [5.74, 6) is 0.760. The van der Waals surface area contributed by atoms with Crippen molar-refractivity contribution in [3.8, 4) is 29.0 Å².